The molecule has 2 aromatic rings. The van der Waals surface area contributed by atoms with E-state index in [1.54, 1.807) is 33.5 Å². The van der Waals surface area contributed by atoms with Crippen molar-refractivity contribution in [1.82, 2.24) is 4.31 Å². The summed E-state index contributed by atoms with van der Waals surface area (Å²) in [4.78, 5) is 14.5. The lowest BCUT2D eigenvalue weighted by Gasteiger charge is -2.26. The van der Waals surface area contributed by atoms with E-state index in [1.165, 1.54) is 12.5 Å². The fraction of sp³-hybridized carbons (Fsp3) is 0.389. The average molecular weight is 360 g/mol. The van der Waals surface area contributed by atoms with Crippen molar-refractivity contribution in [2.45, 2.75) is 30.6 Å². The van der Waals surface area contributed by atoms with Gasteiger partial charge in [0.2, 0.25) is 10.0 Å². The van der Waals surface area contributed by atoms with Gasteiger partial charge in [-0.3, -0.25) is 4.79 Å². The SMILES string of the molecule is O=C(c1ccoc1)N1CCc2cc(S(=O)(=O)N3CCCCC3)ccc21. The van der Waals surface area contributed by atoms with Crippen LogP contribution in [0.2, 0.25) is 0 Å². The molecule has 1 aromatic carbocycles. The van der Waals surface area contributed by atoms with Crippen LogP contribution in [0, 0.1) is 0 Å². The molecule has 6 nitrogen and oxygen atoms in total. The van der Waals surface area contributed by atoms with Crippen LogP contribution in [0.15, 0.2) is 46.1 Å². The number of fused-ring (bicyclic) bond motifs is 1. The summed E-state index contributed by atoms with van der Waals surface area (Å²) in [6.07, 6.45) is 6.46. The first-order valence-electron chi connectivity index (χ1n) is 8.54. The number of hydrogen-bond donors (Lipinski definition) is 0. The first-order chi connectivity index (χ1) is 12.1. The van der Waals surface area contributed by atoms with Crippen molar-refractivity contribution in [2.75, 3.05) is 24.5 Å². The molecular formula is C18H20N2O4S. The van der Waals surface area contributed by atoms with Crippen LogP contribution >= 0.6 is 0 Å². The third kappa shape index (κ3) is 2.87. The molecule has 1 aromatic heterocycles. The van der Waals surface area contributed by atoms with Crippen molar-refractivity contribution in [3.8, 4) is 0 Å². The highest BCUT2D eigenvalue weighted by Gasteiger charge is 2.30. The average Bonchev–Trinajstić information content (AvgIpc) is 3.31. The Morgan fingerprint density at radius 1 is 1.04 bits per heavy atom. The molecule has 25 heavy (non-hydrogen) atoms. The molecule has 4 rings (SSSR count). The number of nitrogens with zero attached hydrogens (tertiary/aromatic N) is 2. The van der Waals surface area contributed by atoms with Gasteiger partial charge in [-0.2, -0.15) is 4.31 Å². The van der Waals surface area contributed by atoms with Gasteiger partial charge in [0.05, 0.1) is 16.7 Å². The minimum Gasteiger partial charge on any atom is -0.472 e. The summed E-state index contributed by atoms with van der Waals surface area (Å²) in [5.74, 6) is -0.126. The zero-order chi connectivity index (χ0) is 17.4. The van der Waals surface area contributed by atoms with E-state index >= 15 is 0 Å². The molecule has 0 aliphatic carbocycles. The zero-order valence-corrected chi connectivity index (χ0v) is 14.7. The number of rotatable bonds is 3. The van der Waals surface area contributed by atoms with Crippen LogP contribution in [0.5, 0.6) is 0 Å². The van der Waals surface area contributed by atoms with Gasteiger partial charge in [0, 0.05) is 25.3 Å². The quantitative estimate of drug-likeness (QED) is 0.844. The van der Waals surface area contributed by atoms with Gasteiger partial charge in [-0.25, -0.2) is 8.42 Å². The van der Waals surface area contributed by atoms with Crippen molar-refractivity contribution in [3.05, 3.63) is 47.9 Å². The molecule has 7 heteroatoms. The number of anilines is 1. The Hall–Kier alpha value is -2.12. The van der Waals surface area contributed by atoms with Crippen molar-refractivity contribution < 1.29 is 17.6 Å². The number of furan rings is 1. The van der Waals surface area contributed by atoms with Gasteiger partial charge in [-0.1, -0.05) is 6.42 Å². The van der Waals surface area contributed by atoms with E-state index in [-0.39, 0.29) is 5.91 Å². The Labute approximate surface area is 147 Å². The summed E-state index contributed by atoms with van der Waals surface area (Å²) in [6, 6.07) is 6.72. The van der Waals surface area contributed by atoms with E-state index in [1.807, 2.05) is 0 Å². The molecule has 2 aliphatic rings. The maximum atomic E-state index is 12.8. The minimum absolute atomic E-state index is 0.126. The van der Waals surface area contributed by atoms with E-state index in [4.69, 9.17) is 4.42 Å². The third-order valence-electron chi connectivity index (χ3n) is 4.91. The number of benzene rings is 1. The summed E-state index contributed by atoms with van der Waals surface area (Å²) < 4.78 is 32.2. The smallest absolute Gasteiger partial charge is 0.261 e. The largest absolute Gasteiger partial charge is 0.472 e. The lowest BCUT2D eigenvalue weighted by atomic mass is 10.2. The predicted octanol–water partition coefficient (Wildman–Crippen LogP) is 2.66. The molecule has 3 heterocycles. The van der Waals surface area contributed by atoms with Crippen LogP contribution in [0.1, 0.15) is 35.2 Å². The summed E-state index contributed by atoms with van der Waals surface area (Å²) in [7, 11) is -3.45. The van der Waals surface area contributed by atoms with Gasteiger partial charge in [-0.15, -0.1) is 0 Å². The van der Waals surface area contributed by atoms with Crippen LogP contribution in [-0.2, 0) is 16.4 Å². The van der Waals surface area contributed by atoms with Gasteiger partial charge in [0.15, 0.2) is 0 Å². The van der Waals surface area contributed by atoms with Gasteiger partial charge in [-0.05, 0) is 49.1 Å². The third-order valence-corrected chi connectivity index (χ3v) is 6.81. The summed E-state index contributed by atoms with van der Waals surface area (Å²) >= 11 is 0. The summed E-state index contributed by atoms with van der Waals surface area (Å²) in [5.41, 5.74) is 2.18. The number of piperidine rings is 1. The fourth-order valence-electron chi connectivity index (χ4n) is 3.55. The first-order valence-corrected chi connectivity index (χ1v) is 9.98. The highest BCUT2D eigenvalue weighted by atomic mass is 32.2. The second-order valence-corrected chi connectivity index (χ2v) is 8.41. The normalized spacial score (nSPS) is 18.3. The van der Waals surface area contributed by atoms with E-state index in [0.29, 0.717) is 36.5 Å². The highest BCUT2D eigenvalue weighted by Crippen LogP contribution is 2.32. The summed E-state index contributed by atoms with van der Waals surface area (Å²) in [5, 5.41) is 0. The molecule has 0 N–H and O–H groups in total. The van der Waals surface area contributed by atoms with Gasteiger partial charge in [0.25, 0.3) is 5.91 Å². The predicted molar refractivity (Wildman–Crippen MR) is 93.1 cm³/mol. The van der Waals surface area contributed by atoms with Crippen molar-refractivity contribution in [3.63, 3.8) is 0 Å². The lowest BCUT2D eigenvalue weighted by molar-refractivity contribution is 0.0989. The maximum absolute atomic E-state index is 12.8. The van der Waals surface area contributed by atoms with Gasteiger partial charge >= 0.3 is 0 Å². The van der Waals surface area contributed by atoms with Gasteiger partial charge < -0.3 is 9.32 Å². The number of amides is 1. The Morgan fingerprint density at radius 3 is 2.56 bits per heavy atom. The lowest BCUT2D eigenvalue weighted by Crippen LogP contribution is -2.35. The van der Waals surface area contributed by atoms with Gasteiger partial charge in [0.1, 0.15) is 6.26 Å². The molecule has 2 aliphatic heterocycles. The van der Waals surface area contributed by atoms with Crippen LogP contribution in [0.3, 0.4) is 0 Å². The molecule has 0 unspecified atom stereocenters. The van der Waals surface area contributed by atoms with E-state index in [9.17, 15) is 13.2 Å². The second kappa shape index (κ2) is 6.31. The molecule has 1 fully saturated rings. The Bertz CT molecular complexity index is 884. The number of carbonyl (C=O) groups excluding carboxylic acids is 1. The molecule has 0 saturated carbocycles. The highest BCUT2D eigenvalue weighted by molar-refractivity contribution is 7.89. The first kappa shape index (κ1) is 16.4. The molecular weight excluding hydrogens is 340 g/mol. The van der Waals surface area contributed by atoms with Crippen LogP contribution in [0.25, 0.3) is 0 Å². The van der Waals surface area contributed by atoms with E-state index < -0.39 is 10.0 Å². The van der Waals surface area contributed by atoms with E-state index in [0.717, 1.165) is 30.5 Å². The standard InChI is InChI=1S/C18H20N2O4S/c21-18(15-7-11-24-13-15)20-10-6-14-12-16(4-5-17(14)20)25(22,23)19-8-2-1-3-9-19/h4-5,7,11-13H,1-3,6,8-10H2. The van der Waals surface area contributed by atoms with Crippen LogP contribution in [-0.4, -0.2) is 38.3 Å². The molecule has 132 valence electrons. The Morgan fingerprint density at radius 2 is 1.84 bits per heavy atom. The summed E-state index contributed by atoms with van der Waals surface area (Å²) in [6.45, 7) is 1.72. The minimum atomic E-state index is -3.45. The second-order valence-electron chi connectivity index (χ2n) is 6.47. The molecule has 1 amide bonds. The molecule has 0 atom stereocenters. The molecule has 0 radical (unpaired) electrons. The van der Waals surface area contributed by atoms with E-state index in [2.05, 4.69) is 0 Å². The number of sulfonamides is 1. The Balaban J connectivity index is 1.62. The molecule has 0 spiro atoms. The monoisotopic (exact) mass is 360 g/mol. The zero-order valence-electron chi connectivity index (χ0n) is 13.8. The Kier molecular flexibility index (Phi) is 4.13. The fourth-order valence-corrected chi connectivity index (χ4v) is 5.11. The van der Waals surface area contributed by atoms with Crippen LogP contribution < -0.4 is 4.90 Å². The van der Waals surface area contributed by atoms with Crippen molar-refractivity contribution >= 4 is 21.6 Å². The molecule has 0 bridgehead atoms. The topological polar surface area (TPSA) is 70.8 Å². The van der Waals surface area contributed by atoms with Crippen molar-refractivity contribution in [2.24, 2.45) is 0 Å². The maximum Gasteiger partial charge on any atom is 0.261 e. The number of hydrogen-bond acceptors (Lipinski definition) is 4. The molecule has 1 saturated heterocycles. The van der Waals surface area contributed by atoms with Crippen LogP contribution in [0.4, 0.5) is 5.69 Å². The van der Waals surface area contributed by atoms with Crippen molar-refractivity contribution in [1.29, 1.82) is 0 Å². The number of carbonyl (C=O) groups is 1.